The van der Waals surface area contributed by atoms with Gasteiger partial charge in [-0.3, -0.25) is 4.79 Å². The molecule has 2 aromatic rings. The number of halogens is 1. The van der Waals surface area contributed by atoms with E-state index in [1.807, 2.05) is 62.4 Å². The van der Waals surface area contributed by atoms with E-state index in [9.17, 15) is 4.79 Å². The summed E-state index contributed by atoms with van der Waals surface area (Å²) in [5.74, 6) is 1.85. The topological polar surface area (TPSA) is 50.7 Å². The fourth-order valence-electron chi connectivity index (χ4n) is 2.07. The van der Waals surface area contributed by atoms with Gasteiger partial charge in [0.15, 0.2) is 0 Å². The quantitative estimate of drug-likeness (QED) is 0.500. The molecule has 132 valence electrons. The van der Waals surface area contributed by atoms with Gasteiger partial charge in [-0.05, 0) is 55.3 Å². The zero-order chi connectivity index (χ0) is 18.1. The predicted octanol–water partition coefficient (Wildman–Crippen LogP) is 4.62. The third-order valence-corrected chi connectivity index (χ3v) is 5.14. The molecule has 0 saturated heterocycles. The minimum Gasteiger partial charge on any atom is -0.494 e. The highest BCUT2D eigenvalue weighted by molar-refractivity contribution is 9.10. The number of benzene rings is 2. The van der Waals surface area contributed by atoms with Crippen molar-refractivity contribution < 1.29 is 9.53 Å². The maximum Gasteiger partial charge on any atom is 0.250 e. The number of thioether (sulfide) groups is 1. The second-order valence-corrected chi connectivity index (χ2v) is 7.11. The van der Waals surface area contributed by atoms with E-state index in [-0.39, 0.29) is 5.91 Å². The smallest absolute Gasteiger partial charge is 0.250 e. The number of nitrogens with zero attached hydrogens (tertiary/aromatic N) is 1. The van der Waals surface area contributed by atoms with Crippen molar-refractivity contribution in [3.05, 3.63) is 64.1 Å². The van der Waals surface area contributed by atoms with Crippen molar-refractivity contribution in [3.63, 3.8) is 0 Å². The Morgan fingerprint density at radius 3 is 2.60 bits per heavy atom. The zero-order valence-corrected chi connectivity index (χ0v) is 16.7. The highest BCUT2D eigenvalue weighted by Crippen LogP contribution is 2.21. The number of carbonyl (C=O) groups is 1. The summed E-state index contributed by atoms with van der Waals surface area (Å²) in [6, 6.07) is 15.7. The summed E-state index contributed by atoms with van der Waals surface area (Å²) < 4.78 is 6.47. The Morgan fingerprint density at radius 1 is 1.20 bits per heavy atom. The van der Waals surface area contributed by atoms with Crippen molar-refractivity contribution in [3.8, 4) is 5.75 Å². The van der Waals surface area contributed by atoms with Gasteiger partial charge < -0.3 is 4.74 Å². The maximum atomic E-state index is 11.9. The van der Waals surface area contributed by atoms with Gasteiger partial charge in [-0.1, -0.05) is 34.1 Å². The van der Waals surface area contributed by atoms with Crippen molar-refractivity contribution in [1.29, 1.82) is 0 Å². The van der Waals surface area contributed by atoms with Crippen molar-refractivity contribution in [1.82, 2.24) is 5.43 Å². The summed E-state index contributed by atoms with van der Waals surface area (Å²) in [6.07, 6.45) is 0. The molecular formula is C19H21BrN2O2S. The standard InChI is InChI=1S/C19H21BrN2O2S/c1-3-24-17-10-8-15(9-11-17)14(2)21-22-19(23)13-25-12-16-6-4-5-7-18(16)20/h4-11H,3,12-13H2,1-2H3,(H,22,23)/b21-14+. The van der Waals surface area contributed by atoms with E-state index in [4.69, 9.17) is 4.74 Å². The first-order valence-electron chi connectivity index (χ1n) is 7.97. The van der Waals surface area contributed by atoms with E-state index < -0.39 is 0 Å². The van der Waals surface area contributed by atoms with E-state index in [1.165, 1.54) is 5.56 Å². The van der Waals surface area contributed by atoms with Crippen molar-refractivity contribution >= 4 is 39.3 Å². The molecule has 2 rings (SSSR count). The number of hydrogen-bond acceptors (Lipinski definition) is 4. The first-order chi connectivity index (χ1) is 12.1. The van der Waals surface area contributed by atoms with Crippen LogP contribution in [0.5, 0.6) is 5.75 Å². The first kappa shape index (κ1) is 19.5. The molecule has 0 aliphatic rings. The normalized spacial score (nSPS) is 11.2. The molecule has 0 aromatic heterocycles. The minimum atomic E-state index is -0.109. The molecule has 0 unspecified atom stereocenters. The lowest BCUT2D eigenvalue weighted by Gasteiger charge is -2.06. The average molecular weight is 421 g/mol. The number of amides is 1. The molecule has 0 heterocycles. The van der Waals surface area contributed by atoms with Gasteiger partial charge in [0, 0.05) is 10.2 Å². The summed E-state index contributed by atoms with van der Waals surface area (Å²) >= 11 is 5.06. The molecule has 0 spiro atoms. The van der Waals surface area contributed by atoms with Gasteiger partial charge in [-0.15, -0.1) is 11.8 Å². The molecule has 25 heavy (non-hydrogen) atoms. The Labute approximate surface area is 161 Å². The Kier molecular flexibility index (Phi) is 8.01. The van der Waals surface area contributed by atoms with Crippen LogP contribution in [-0.2, 0) is 10.5 Å². The Bertz CT molecular complexity index is 732. The molecule has 2 aromatic carbocycles. The number of hydrogen-bond donors (Lipinski definition) is 1. The fourth-order valence-corrected chi connectivity index (χ4v) is 3.51. The van der Waals surface area contributed by atoms with Crippen LogP contribution in [0.3, 0.4) is 0 Å². The van der Waals surface area contributed by atoms with Crippen LogP contribution in [-0.4, -0.2) is 24.0 Å². The van der Waals surface area contributed by atoms with Crippen LogP contribution >= 0.6 is 27.7 Å². The maximum absolute atomic E-state index is 11.9. The zero-order valence-electron chi connectivity index (χ0n) is 14.3. The van der Waals surface area contributed by atoms with Gasteiger partial charge >= 0.3 is 0 Å². The monoisotopic (exact) mass is 420 g/mol. The van der Waals surface area contributed by atoms with Crippen LogP contribution < -0.4 is 10.2 Å². The molecular weight excluding hydrogens is 400 g/mol. The molecule has 1 amide bonds. The van der Waals surface area contributed by atoms with E-state index >= 15 is 0 Å². The number of hydrazone groups is 1. The summed E-state index contributed by atoms with van der Waals surface area (Å²) in [7, 11) is 0. The van der Waals surface area contributed by atoms with Crippen LogP contribution in [0.1, 0.15) is 25.0 Å². The van der Waals surface area contributed by atoms with Crippen LogP contribution in [0.2, 0.25) is 0 Å². The molecule has 0 radical (unpaired) electrons. The molecule has 0 aliphatic heterocycles. The molecule has 0 saturated carbocycles. The second-order valence-electron chi connectivity index (χ2n) is 5.27. The molecule has 0 bridgehead atoms. The highest BCUT2D eigenvalue weighted by Gasteiger charge is 2.04. The minimum absolute atomic E-state index is 0.109. The van der Waals surface area contributed by atoms with Crippen molar-refractivity contribution in [2.75, 3.05) is 12.4 Å². The lowest BCUT2D eigenvalue weighted by atomic mass is 10.1. The predicted molar refractivity (Wildman–Crippen MR) is 108 cm³/mol. The van der Waals surface area contributed by atoms with Gasteiger partial charge in [-0.25, -0.2) is 5.43 Å². The Balaban J connectivity index is 1.79. The summed E-state index contributed by atoms with van der Waals surface area (Å²) in [5, 5.41) is 4.17. The third kappa shape index (κ3) is 6.55. The van der Waals surface area contributed by atoms with E-state index in [0.717, 1.165) is 27.3 Å². The van der Waals surface area contributed by atoms with Crippen LogP contribution in [0.25, 0.3) is 0 Å². The Morgan fingerprint density at radius 2 is 1.92 bits per heavy atom. The highest BCUT2D eigenvalue weighted by atomic mass is 79.9. The third-order valence-electron chi connectivity index (χ3n) is 3.38. The fraction of sp³-hybridized carbons (Fsp3) is 0.263. The average Bonchev–Trinajstić information content (AvgIpc) is 2.62. The first-order valence-corrected chi connectivity index (χ1v) is 9.92. The number of carbonyl (C=O) groups excluding carboxylic acids is 1. The molecule has 0 fully saturated rings. The van der Waals surface area contributed by atoms with Gasteiger partial charge in [0.1, 0.15) is 5.75 Å². The summed E-state index contributed by atoms with van der Waals surface area (Å²) in [5.41, 5.74) is 5.49. The van der Waals surface area contributed by atoms with E-state index in [0.29, 0.717) is 12.4 Å². The van der Waals surface area contributed by atoms with Gasteiger partial charge in [-0.2, -0.15) is 5.10 Å². The van der Waals surface area contributed by atoms with Crippen LogP contribution in [0.15, 0.2) is 58.1 Å². The summed E-state index contributed by atoms with van der Waals surface area (Å²) in [4.78, 5) is 11.9. The molecule has 4 nitrogen and oxygen atoms in total. The van der Waals surface area contributed by atoms with Crippen molar-refractivity contribution in [2.24, 2.45) is 5.10 Å². The van der Waals surface area contributed by atoms with Crippen LogP contribution in [0.4, 0.5) is 0 Å². The SMILES string of the molecule is CCOc1ccc(/C(C)=N/NC(=O)CSCc2ccccc2Br)cc1. The lowest BCUT2D eigenvalue weighted by Crippen LogP contribution is -2.21. The van der Waals surface area contributed by atoms with Crippen molar-refractivity contribution in [2.45, 2.75) is 19.6 Å². The van der Waals surface area contributed by atoms with E-state index in [2.05, 4.69) is 26.5 Å². The van der Waals surface area contributed by atoms with Gasteiger partial charge in [0.05, 0.1) is 18.1 Å². The van der Waals surface area contributed by atoms with Gasteiger partial charge in [0.2, 0.25) is 5.91 Å². The summed E-state index contributed by atoms with van der Waals surface area (Å²) in [6.45, 7) is 4.45. The molecule has 1 N–H and O–H groups in total. The number of ether oxygens (including phenoxy) is 1. The molecule has 6 heteroatoms. The van der Waals surface area contributed by atoms with Gasteiger partial charge in [0.25, 0.3) is 0 Å². The molecule has 0 atom stereocenters. The van der Waals surface area contributed by atoms with Crippen LogP contribution in [0, 0.1) is 0 Å². The van der Waals surface area contributed by atoms with E-state index in [1.54, 1.807) is 11.8 Å². The lowest BCUT2D eigenvalue weighted by molar-refractivity contribution is -0.118. The number of nitrogens with one attached hydrogen (secondary N) is 1. The largest absolute Gasteiger partial charge is 0.494 e. The molecule has 0 aliphatic carbocycles. The second kappa shape index (κ2) is 10.3. The number of rotatable bonds is 8. The Hall–Kier alpha value is -1.79.